The first kappa shape index (κ1) is 35.7. The summed E-state index contributed by atoms with van der Waals surface area (Å²) in [7, 11) is 0. The minimum Gasteiger partial charge on any atom is -0.394 e. The Bertz CT molecular complexity index is 1100. The van der Waals surface area contributed by atoms with Crippen LogP contribution in [0.5, 0.6) is 0 Å². The Morgan fingerprint density at radius 1 is 0.889 bits per heavy atom. The van der Waals surface area contributed by atoms with Gasteiger partial charge in [-0.15, -0.1) is 0 Å². The maximum Gasteiger partial charge on any atom is 0.186 e. The first-order valence-electron chi connectivity index (χ1n) is 17.4. The van der Waals surface area contributed by atoms with E-state index in [4.69, 9.17) is 9.47 Å². The van der Waals surface area contributed by atoms with E-state index in [1.165, 1.54) is 5.57 Å². The lowest BCUT2D eigenvalue weighted by atomic mass is 9.35. The molecule has 45 heavy (non-hydrogen) atoms. The van der Waals surface area contributed by atoms with Crippen molar-refractivity contribution in [1.82, 2.24) is 0 Å². The molecule has 4 saturated carbocycles. The van der Waals surface area contributed by atoms with Crippen LogP contribution in [-0.4, -0.2) is 97.0 Å². The second-order valence-corrected chi connectivity index (χ2v) is 17.5. The molecule has 4 aliphatic carbocycles. The van der Waals surface area contributed by atoms with Crippen molar-refractivity contribution in [1.29, 1.82) is 0 Å². The molecule has 0 spiro atoms. The summed E-state index contributed by atoms with van der Waals surface area (Å²) >= 11 is 0. The molecule has 0 bridgehead atoms. The van der Waals surface area contributed by atoms with Crippen molar-refractivity contribution in [2.75, 3.05) is 6.61 Å². The fourth-order valence-electron chi connectivity index (χ4n) is 11.9. The van der Waals surface area contributed by atoms with Crippen molar-refractivity contribution >= 4 is 0 Å². The Morgan fingerprint density at radius 3 is 2.18 bits per heavy atom. The van der Waals surface area contributed by atoms with E-state index in [0.717, 1.165) is 25.7 Å². The van der Waals surface area contributed by atoms with Gasteiger partial charge >= 0.3 is 0 Å². The normalized spacial score (nSPS) is 52.2. The number of hydrogen-bond donors (Lipinski definition) is 7. The van der Waals surface area contributed by atoms with Crippen LogP contribution in [0.3, 0.4) is 0 Å². The second kappa shape index (κ2) is 12.1. The quantitative estimate of drug-likeness (QED) is 0.164. The predicted octanol–water partition coefficient (Wildman–Crippen LogP) is 3.30. The Kier molecular flexibility index (Phi) is 9.56. The molecule has 0 aromatic carbocycles. The van der Waals surface area contributed by atoms with Crippen LogP contribution in [0.25, 0.3) is 0 Å². The highest BCUT2D eigenvalue weighted by atomic mass is 16.7. The Morgan fingerprint density at radius 2 is 1.56 bits per heavy atom. The molecular formula is C36H62O9. The van der Waals surface area contributed by atoms with E-state index in [1.54, 1.807) is 0 Å². The Balaban J connectivity index is 1.40. The van der Waals surface area contributed by atoms with Gasteiger partial charge in [0.25, 0.3) is 0 Å². The van der Waals surface area contributed by atoms with E-state index in [0.29, 0.717) is 25.7 Å². The molecule has 5 aliphatic rings. The van der Waals surface area contributed by atoms with Gasteiger partial charge in [-0.2, -0.15) is 0 Å². The topological polar surface area (TPSA) is 160 Å². The summed E-state index contributed by atoms with van der Waals surface area (Å²) < 4.78 is 12.2. The average Bonchev–Trinajstić information content (AvgIpc) is 3.24. The molecule has 16 atom stereocenters. The van der Waals surface area contributed by atoms with E-state index in [1.807, 2.05) is 6.92 Å². The van der Waals surface area contributed by atoms with Crippen LogP contribution in [0, 0.1) is 45.3 Å². The van der Waals surface area contributed by atoms with Gasteiger partial charge in [0, 0.05) is 5.92 Å². The van der Waals surface area contributed by atoms with Crippen molar-refractivity contribution in [3.8, 4) is 0 Å². The van der Waals surface area contributed by atoms with Crippen molar-refractivity contribution in [2.45, 2.75) is 161 Å². The van der Waals surface area contributed by atoms with Crippen LogP contribution >= 0.6 is 0 Å². The minimum absolute atomic E-state index is 0.115. The highest BCUT2D eigenvalue weighted by Gasteiger charge is 2.73. The maximum atomic E-state index is 12.0. The maximum absolute atomic E-state index is 12.0. The molecule has 1 heterocycles. The predicted molar refractivity (Wildman–Crippen MR) is 170 cm³/mol. The summed E-state index contributed by atoms with van der Waals surface area (Å²) in [5.41, 5.74) is -0.827. The molecule has 5 rings (SSSR count). The molecule has 1 aliphatic heterocycles. The molecule has 0 amide bonds. The third kappa shape index (κ3) is 5.48. The van der Waals surface area contributed by atoms with Gasteiger partial charge < -0.3 is 45.2 Å². The smallest absolute Gasteiger partial charge is 0.186 e. The zero-order valence-electron chi connectivity index (χ0n) is 28.8. The fraction of sp³-hybridized carbons (Fsp3) is 0.944. The van der Waals surface area contributed by atoms with Crippen LogP contribution in [0.15, 0.2) is 11.6 Å². The van der Waals surface area contributed by atoms with Gasteiger partial charge in [-0.05, 0) is 112 Å². The van der Waals surface area contributed by atoms with E-state index in [2.05, 4.69) is 54.5 Å². The van der Waals surface area contributed by atoms with Crippen LogP contribution < -0.4 is 0 Å². The first-order valence-corrected chi connectivity index (χ1v) is 17.4. The number of aliphatic hydroxyl groups is 7. The fourth-order valence-corrected chi connectivity index (χ4v) is 11.9. The monoisotopic (exact) mass is 638 g/mol. The number of rotatable bonds is 7. The van der Waals surface area contributed by atoms with Gasteiger partial charge in [0.1, 0.15) is 24.4 Å². The molecule has 9 nitrogen and oxygen atoms in total. The van der Waals surface area contributed by atoms with Crippen LogP contribution in [-0.2, 0) is 9.47 Å². The van der Waals surface area contributed by atoms with Crippen molar-refractivity contribution < 1.29 is 45.2 Å². The summed E-state index contributed by atoms with van der Waals surface area (Å²) in [4.78, 5) is 0. The van der Waals surface area contributed by atoms with E-state index in [-0.39, 0.29) is 45.5 Å². The molecule has 260 valence electrons. The summed E-state index contributed by atoms with van der Waals surface area (Å²) in [6, 6.07) is 0. The number of aliphatic hydroxyl groups excluding tert-OH is 6. The van der Waals surface area contributed by atoms with Gasteiger partial charge in [0.05, 0.1) is 30.5 Å². The summed E-state index contributed by atoms with van der Waals surface area (Å²) in [6.45, 7) is 16.9. The molecule has 0 unspecified atom stereocenters. The van der Waals surface area contributed by atoms with Gasteiger partial charge in [-0.3, -0.25) is 0 Å². The van der Waals surface area contributed by atoms with Gasteiger partial charge in [0.2, 0.25) is 0 Å². The van der Waals surface area contributed by atoms with E-state index in [9.17, 15) is 35.7 Å². The van der Waals surface area contributed by atoms with Crippen molar-refractivity contribution in [2.24, 2.45) is 45.3 Å². The van der Waals surface area contributed by atoms with E-state index >= 15 is 0 Å². The zero-order valence-corrected chi connectivity index (χ0v) is 28.8. The molecule has 0 aromatic heterocycles. The van der Waals surface area contributed by atoms with Crippen molar-refractivity contribution in [3.63, 3.8) is 0 Å². The number of fused-ring (bicyclic) bond motifs is 5. The molecule has 0 radical (unpaired) electrons. The molecule has 7 N–H and O–H groups in total. The van der Waals surface area contributed by atoms with E-state index < -0.39 is 61.0 Å². The standard InChI is InChI=1S/C36H62O9/c1-19(2)10-9-13-36(8,43)27-21(39)17-35(7)26(27)20(38)16-24-33(5)14-12-25(32(3,4)23(33)11-15-34(24,35)6)45-31-30(42)29(41)28(40)22(18-37)44-31/h10,20-31,37-43H,9,11-18H2,1-8H3/t20-,21+,22-,23-,24-,25+,26-,27+,28-,29+,30-,31+,33+,34-,35-,36+/m1/s1. The first-order chi connectivity index (χ1) is 20.8. The van der Waals surface area contributed by atoms with Gasteiger partial charge in [-0.1, -0.05) is 46.3 Å². The summed E-state index contributed by atoms with van der Waals surface area (Å²) in [5, 5.41) is 76.4. The Labute approximate surface area is 270 Å². The minimum atomic E-state index is -1.48. The lowest BCUT2D eigenvalue weighted by Gasteiger charge is -2.70. The molecular weight excluding hydrogens is 576 g/mol. The lowest BCUT2D eigenvalue weighted by molar-refractivity contribution is -0.332. The number of ether oxygens (including phenoxy) is 2. The largest absolute Gasteiger partial charge is 0.394 e. The molecule has 5 fully saturated rings. The SMILES string of the molecule is CC(C)=CCC[C@](C)(O)[C@@H]1[C@H]2[C@H](O)C[C@@H]3[C@@]4(C)CC[C@H](O[C@@H]5O[C@H](CO)[C@@H](O)[C@H](O)[C@H]5O)C(C)(C)[C@H]4CC[C@@]3(C)[C@]2(C)C[C@@H]1O. The summed E-state index contributed by atoms with van der Waals surface area (Å²) in [6.07, 6.45) is -0.0947. The van der Waals surface area contributed by atoms with Crippen LogP contribution in [0.2, 0.25) is 0 Å². The highest BCUT2D eigenvalue weighted by molar-refractivity contribution is 5.21. The number of hydrogen-bond acceptors (Lipinski definition) is 9. The third-order valence-corrected chi connectivity index (χ3v) is 14.4. The van der Waals surface area contributed by atoms with Crippen LogP contribution in [0.4, 0.5) is 0 Å². The lowest BCUT2D eigenvalue weighted by Crippen LogP contribution is -2.67. The summed E-state index contributed by atoms with van der Waals surface area (Å²) in [5.74, 6) is -0.151. The molecule has 1 saturated heterocycles. The van der Waals surface area contributed by atoms with Crippen LogP contribution in [0.1, 0.15) is 107 Å². The number of allylic oxidation sites excluding steroid dienone is 2. The third-order valence-electron chi connectivity index (χ3n) is 14.4. The van der Waals surface area contributed by atoms with Gasteiger partial charge in [0.15, 0.2) is 6.29 Å². The second-order valence-electron chi connectivity index (χ2n) is 17.5. The molecule has 9 heteroatoms. The zero-order chi connectivity index (χ0) is 33.5. The average molecular weight is 639 g/mol. The van der Waals surface area contributed by atoms with Gasteiger partial charge in [-0.25, -0.2) is 0 Å². The van der Waals surface area contributed by atoms with Crippen molar-refractivity contribution in [3.05, 3.63) is 11.6 Å². The molecule has 0 aromatic rings. The Hall–Kier alpha value is -0.620. The highest BCUT2D eigenvalue weighted by Crippen LogP contribution is 2.76.